The van der Waals surface area contributed by atoms with E-state index >= 15 is 0 Å². The van der Waals surface area contributed by atoms with Crippen molar-refractivity contribution in [2.24, 2.45) is 7.05 Å². The number of ether oxygens (including phenoxy) is 1. The summed E-state index contributed by atoms with van der Waals surface area (Å²) in [4.78, 5) is 26.8. The first-order chi connectivity index (χ1) is 15.9. The number of cyclic esters (lactones) is 1. The van der Waals surface area contributed by atoms with Gasteiger partial charge >= 0.3 is 6.09 Å². The van der Waals surface area contributed by atoms with Crippen LogP contribution in [0.3, 0.4) is 0 Å². The number of aliphatic hydroxyl groups is 1. The van der Waals surface area contributed by atoms with Crippen molar-refractivity contribution in [3.8, 4) is 11.1 Å². The molecule has 2 heterocycles. The molecule has 6 heteroatoms. The van der Waals surface area contributed by atoms with Gasteiger partial charge in [-0.25, -0.2) is 4.79 Å². The zero-order chi connectivity index (χ0) is 23.4. The van der Waals surface area contributed by atoms with E-state index in [0.717, 1.165) is 22.3 Å². The Morgan fingerprint density at radius 1 is 1.03 bits per heavy atom. The first-order valence-corrected chi connectivity index (χ1v) is 11.4. The normalized spacial score (nSPS) is 19.2. The van der Waals surface area contributed by atoms with Crippen LogP contribution in [0.25, 0.3) is 11.1 Å². The number of aromatic nitrogens is 1. The van der Waals surface area contributed by atoms with Gasteiger partial charge in [-0.2, -0.15) is 0 Å². The summed E-state index contributed by atoms with van der Waals surface area (Å²) < 4.78 is 7.61. The summed E-state index contributed by atoms with van der Waals surface area (Å²) in [5.74, 6) is 0. The van der Waals surface area contributed by atoms with Crippen LogP contribution in [0.4, 0.5) is 4.79 Å². The summed E-state index contributed by atoms with van der Waals surface area (Å²) in [6.07, 6.45) is 3.24. The van der Waals surface area contributed by atoms with Crippen LogP contribution in [0.15, 0.2) is 77.7 Å². The summed E-state index contributed by atoms with van der Waals surface area (Å²) in [5.41, 5.74) is 3.03. The summed E-state index contributed by atoms with van der Waals surface area (Å²) in [5, 5.41) is 9.38. The molecule has 4 rings (SSSR count). The molecule has 172 valence electrons. The fourth-order valence-electron chi connectivity index (χ4n) is 4.51. The number of pyridine rings is 1. The molecule has 0 aliphatic carbocycles. The minimum Gasteiger partial charge on any atom is -0.438 e. The number of amides is 1. The zero-order valence-corrected chi connectivity index (χ0v) is 19.1. The standard InChI is InChI=1S/C27H30N2O4/c1-20(21-9-11-22(12-10-21)23-13-16-28(2)25(31)19-23)29-17-15-27(14-6-18-30,33-26(29)32)24-7-4-3-5-8-24/h3-5,7-13,16,19-20,30H,6,14-15,17-18H2,1-2H3/t20-,27?/m0/s1. The van der Waals surface area contributed by atoms with Crippen molar-refractivity contribution in [1.29, 1.82) is 0 Å². The van der Waals surface area contributed by atoms with E-state index < -0.39 is 5.60 Å². The Kier molecular flexibility index (Phi) is 6.65. The molecule has 0 spiro atoms. The van der Waals surface area contributed by atoms with E-state index in [1.807, 2.05) is 67.6 Å². The molecule has 1 amide bonds. The number of carbonyl (C=O) groups excluding carboxylic acids is 1. The minimum atomic E-state index is -0.708. The van der Waals surface area contributed by atoms with Crippen LogP contribution < -0.4 is 5.56 Å². The highest BCUT2D eigenvalue weighted by Gasteiger charge is 2.43. The van der Waals surface area contributed by atoms with E-state index in [1.165, 1.54) is 4.57 Å². The van der Waals surface area contributed by atoms with Crippen molar-refractivity contribution in [1.82, 2.24) is 9.47 Å². The van der Waals surface area contributed by atoms with E-state index in [1.54, 1.807) is 24.2 Å². The molecule has 0 bridgehead atoms. The monoisotopic (exact) mass is 446 g/mol. The molecular formula is C27H30N2O4. The van der Waals surface area contributed by atoms with Gasteiger partial charge in [0.2, 0.25) is 0 Å². The smallest absolute Gasteiger partial charge is 0.411 e. The molecule has 6 nitrogen and oxygen atoms in total. The Balaban J connectivity index is 1.51. The van der Waals surface area contributed by atoms with Crippen molar-refractivity contribution >= 4 is 6.09 Å². The second-order valence-corrected chi connectivity index (χ2v) is 8.66. The topological polar surface area (TPSA) is 71.8 Å². The van der Waals surface area contributed by atoms with Crippen molar-refractivity contribution in [2.75, 3.05) is 13.2 Å². The first kappa shape index (κ1) is 22.8. The predicted octanol–water partition coefficient (Wildman–Crippen LogP) is 4.62. The molecule has 1 unspecified atom stereocenters. The van der Waals surface area contributed by atoms with Gasteiger partial charge in [0, 0.05) is 38.9 Å². The number of carbonyl (C=O) groups is 1. The van der Waals surface area contributed by atoms with Gasteiger partial charge in [0.15, 0.2) is 0 Å². The van der Waals surface area contributed by atoms with E-state index in [-0.39, 0.29) is 24.3 Å². The van der Waals surface area contributed by atoms with Gasteiger partial charge in [-0.1, -0.05) is 54.6 Å². The highest BCUT2D eigenvalue weighted by Crippen LogP contribution is 2.40. The third-order valence-electron chi connectivity index (χ3n) is 6.61. The van der Waals surface area contributed by atoms with Crippen molar-refractivity contribution in [3.05, 3.63) is 94.4 Å². The Hall–Kier alpha value is -3.38. The molecule has 1 aliphatic rings. The fraction of sp³-hybridized carbons (Fsp3) is 0.333. The number of aliphatic hydroxyl groups excluding tert-OH is 1. The van der Waals surface area contributed by atoms with Gasteiger partial charge in [-0.3, -0.25) is 4.79 Å². The number of rotatable bonds is 7. The molecule has 0 radical (unpaired) electrons. The lowest BCUT2D eigenvalue weighted by Gasteiger charge is -2.43. The Morgan fingerprint density at radius 3 is 2.39 bits per heavy atom. The van der Waals surface area contributed by atoms with E-state index in [9.17, 15) is 14.7 Å². The van der Waals surface area contributed by atoms with Crippen LogP contribution in [0.2, 0.25) is 0 Å². The minimum absolute atomic E-state index is 0.0518. The Morgan fingerprint density at radius 2 is 1.76 bits per heavy atom. The van der Waals surface area contributed by atoms with Crippen molar-refractivity contribution in [2.45, 2.75) is 37.8 Å². The number of hydrogen-bond donors (Lipinski definition) is 1. The largest absolute Gasteiger partial charge is 0.438 e. The van der Waals surface area contributed by atoms with Gasteiger partial charge in [0.25, 0.3) is 5.56 Å². The van der Waals surface area contributed by atoms with Crippen LogP contribution in [-0.4, -0.2) is 33.8 Å². The average molecular weight is 447 g/mol. The lowest BCUT2D eigenvalue weighted by Crippen LogP contribution is -2.48. The first-order valence-electron chi connectivity index (χ1n) is 11.4. The van der Waals surface area contributed by atoms with Crippen LogP contribution >= 0.6 is 0 Å². The van der Waals surface area contributed by atoms with Crippen LogP contribution in [-0.2, 0) is 17.4 Å². The summed E-state index contributed by atoms with van der Waals surface area (Å²) in [6.45, 7) is 2.63. The molecular weight excluding hydrogens is 416 g/mol. The lowest BCUT2D eigenvalue weighted by molar-refractivity contribution is -0.0680. The number of benzene rings is 2. The SMILES string of the molecule is C[C@@H](c1ccc(-c2ccn(C)c(=O)c2)cc1)N1CCC(CCCO)(c2ccccc2)OC1=O. The molecule has 2 aromatic carbocycles. The molecule has 2 atom stereocenters. The molecule has 1 aromatic heterocycles. The number of aryl methyl sites for hydroxylation is 1. The van der Waals surface area contributed by atoms with Gasteiger partial charge < -0.3 is 19.3 Å². The van der Waals surface area contributed by atoms with E-state index in [0.29, 0.717) is 25.8 Å². The Bertz CT molecular complexity index is 1160. The zero-order valence-electron chi connectivity index (χ0n) is 19.1. The lowest BCUT2D eigenvalue weighted by atomic mass is 9.84. The second kappa shape index (κ2) is 9.63. The quantitative estimate of drug-likeness (QED) is 0.575. The molecule has 3 aromatic rings. The highest BCUT2D eigenvalue weighted by atomic mass is 16.6. The molecule has 1 aliphatic heterocycles. The third kappa shape index (κ3) is 4.71. The fourth-order valence-corrected chi connectivity index (χ4v) is 4.51. The number of hydrogen-bond acceptors (Lipinski definition) is 4. The molecule has 0 saturated carbocycles. The maximum atomic E-state index is 13.1. The van der Waals surface area contributed by atoms with Crippen LogP contribution in [0.1, 0.15) is 43.4 Å². The molecule has 33 heavy (non-hydrogen) atoms. The highest BCUT2D eigenvalue weighted by molar-refractivity contribution is 5.70. The van der Waals surface area contributed by atoms with Gasteiger partial charge in [0.05, 0.1) is 6.04 Å². The maximum absolute atomic E-state index is 13.1. The second-order valence-electron chi connectivity index (χ2n) is 8.66. The van der Waals surface area contributed by atoms with Crippen LogP contribution in [0.5, 0.6) is 0 Å². The summed E-state index contributed by atoms with van der Waals surface area (Å²) in [7, 11) is 1.73. The summed E-state index contributed by atoms with van der Waals surface area (Å²) in [6, 6.07) is 21.1. The van der Waals surface area contributed by atoms with Crippen molar-refractivity contribution < 1.29 is 14.6 Å². The Labute approximate surface area is 194 Å². The van der Waals surface area contributed by atoms with Gasteiger partial charge in [-0.05, 0) is 48.1 Å². The molecule has 1 N–H and O–H groups in total. The van der Waals surface area contributed by atoms with Gasteiger partial charge in [0.1, 0.15) is 5.60 Å². The molecule has 1 fully saturated rings. The third-order valence-corrected chi connectivity index (χ3v) is 6.61. The van der Waals surface area contributed by atoms with E-state index in [2.05, 4.69) is 0 Å². The molecule has 1 saturated heterocycles. The number of nitrogens with zero attached hydrogens (tertiary/aromatic N) is 2. The predicted molar refractivity (Wildman–Crippen MR) is 128 cm³/mol. The summed E-state index contributed by atoms with van der Waals surface area (Å²) >= 11 is 0. The van der Waals surface area contributed by atoms with Gasteiger partial charge in [-0.15, -0.1) is 0 Å². The van der Waals surface area contributed by atoms with E-state index in [4.69, 9.17) is 4.74 Å². The van der Waals surface area contributed by atoms with Crippen molar-refractivity contribution in [3.63, 3.8) is 0 Å². The van der Waals surface area contributed by atoms with Crippen LogP contribution in [0, 0.1) is 0 Å². The average Bonchev–Trinajstić information content (AvgIpc) is 2.85. The maximum Gasteiger partial charge on any atom is 0.411 e.